The first-order valence-electron chi connectivity index (χ1n) is 7.73. The van der Waals surface area contributed by atoms with Crippen molar-refractivity contribution in [3.05, 3.63) is 0 Å². The van der Waals surface area contributed by atoms with Gasteiger partial charge in [-0.1, -0.05) is 19.8 Å². The number of nitrogens with zero attached hydrogens (tertiary/aromatic N) is 1. The van der Waals surface area contributed by atoms with Crippen LogP contribution in [0.3, 0.4) is 0 Å². The summed E-state index contributed by atoms with van der Waals surface area (Å²) in [6.07, 6.45) is 7.51. The third kappa shape index (κ3) is 2.07. The fourth-order valence-corrected chi connectivity index (χ4v) is 4.32. The van der Waals surface area contributed by atoms with E-state index in [1.165, 1.54) is 25.7 Å². The highest BCUT2D eigenvalue weighted by molar-refractivity contribution is 5.82. The SMILES string of the molecule is CC1CCN(C(=O)C2C3CCCCC32)C(CN)C1. The summed E-state index contributed by atoms with van der Waals surface area (Å²) >= 11 is 0. The first-order chi connectivity index (χ1) is 8.72. The Balaban J connectivity index is 1.65. The van der Waals surface area contributed by atoms with Crippen molar-refractivity contribution in [2.45, 2.75) is 51.5 Å². The molecule has 4 unspecified atom stereocenters. The molecule has 1 saturated heterocycles. The number of piperidine rings is 1. The van der Waals surface area contributed by atoms with Crippen LogP contribution < -0.4 is 5.73 Å². The highest BCUT2D eigenvalue weighted by Crippen LogP contribution is 2.56. The van der Waals surface area contributed by atoms with E-state index in [1.807, 2.05) is 0 Å². The summed E-state index contributed by atoms with van der Waals surface area (Å²) in [6.45, 7) is 3.86. The standard InChI is InChI=1S/C15H26N2O/c1-10-6-7-17(11(8-10)9-16)15(18)14-12-4-2-3-5-13(12)14/h10-14H,2-9,16H2,1H3. The molecule has 3 heteroatoms. The summed E-state index contributed by atoms with van der Waals surface area (Å²) in [7, 11) is 0. The van der Waals surface area contributed by atoms with Gasteiger partial charge in [0.1, 0.15) is 0 Å². The van der Waals surface area contributed by atoms with Gasteiger partial charge in [0.25, 0.3) is 0 Å². The molecular formula is C15H26N2O. The van der Waals surface area contributed by atoms with Gasteiger partial charge in [-0.3, -0.25) is 4.79 Å². The first kappa shape index (κ1) is 12.5. The second-order valence-corrected chi connectivity index (χ2v) is 6.69. The molecule has 1 amide bonds. The van der Waals surface area contributed by atoms with Gasteiger partial charge in [0, 0.05) is 25.0 Å². The average molecular weight is 250 g/mol. The Kier molecular flexibility index (Phi) is 3.35. The van der Waals surface area contributed by atoms with Gasteiger partial charge in [-0.25, -0.2) is 0 Å². The van der Waals surface area contributed by atoms with Crippen LogP contribution in [0.5, 0.6) is 0 Å². The van der Waals surface area contributed by atoms with Crippen molar-refractivity contribution in [1.82, 2.24) is 4.90 Å². The van der Waals surface area contributed by atoms with Crippen LogP contribution in [0.4, 0.5) is 0 Å². The molecule has 0 radical (unpaired) electrons. The molecule has 18 heavy (non-hydrogen) atoms. The molecule has 3 nitrogen and oxygen atoms in total. The van der Waals surface area contributed by atoms with Crippen molar-refractivity contribution < 1.29 is 4.79 Å². The number of fused-ring (bicyclic) bond motifs is 1. The smallest absolute Gasteiger partial charge is 0.226 e. The summed E-state index contributed by atoms with van der Waals surface area (Å²) in [5, 5.41) is 0. The molecule has 4 atom stereocenters. The number of carbonyl (C=O) groups excluding carboxylic acids is 1. The molecule has 3 fully saturated rings. The number of rotatable bonds is 2. The molecule has 0 aromatic rings. The largest absolute Gasteiger partial charge is 0.338 e. The quantitative estimate of drug-likeness (QED) is 0.815. The lowest BCUT2D eigenvalue weighted by Crippen LogP contribution is -2.50. The van der Waals surface area contributed by atoms with Crippen molar-refractivity contribution in [3.63, 3.8) is 0 Å². The van der Waals surface area contributed by atoms with Crippen molar-refractivity contribution in [3.8, 4) is 0 Å². The van der Waals surface area contributed by atoms with E-state index in [2.05, 4.69) is 11.8 Å². The Morgan fingerprint density at radius 2 is 1.89 bits per heavy atom. The monoisotopic (exact) mass is 250 g/mol. The lowest BCUT2D eigenvalue weighted by molar-refractivity contribution is -0.137. The minimum atomic E-state index is 0.309. The summed E-state index contributed by atoms with van der Waals surface area (Å²) < 4.78 is 0. The fourth-order valence-electron chi connectivity index (χ4n) is 4.32. The molecule has 1 heterocycles. The molecule has 2 aliphatic carbocycles. The van der Waals surface area contributed by atoms with Gasteiger partial charge in [-0.05, 0) is 43.4 Å². The average Bonchev–Trinajstić information content (AvgIpc) is 3.12. The van der Waals surface area contributed by atoms with Gasteiger partial charge in [-0.15, -0.1) is 0 Å². The lowest BCUT2D eigenvalue weighted by atomic mass is 9.92. The van der Waals surface area contributed by atoms with Crippen LogP contribution in [0.2, 0.25) is 0 Å². The first-order valence-corrected chi connectivity index (χ1v) is 7.73. The van der Waals surface area contributed by atoms with Crippen molar-refractivity contribution >= 4 is 5.91 Å². The molecule has 3 aliphatic rings. The van der Waals surface area contributed by atoms with E-state index in [-0.39, 0.29) is 0 Å². The predicted molar refractivity (Wildman–Crippen MR) is 71.9 cm³/mol. The molecule has 102 valence electrons. The summed E-state index contributed by atoms with van der Waals surface area (Å²) in [6, 6.07) is 0.309. The van der Waals surface area contributed by atoms with Crippen LogP contribution in [0.1, 0.15) is 45.4 Å². The summed E-state index contributed by atoms with van der Waals surface area (Å²) in [4.78, 5) is 14.8. The highest BCUT2D eigenvalue weighted by atomic mass is 16.2. The lowest BCUT2D eigenvalue weighted by Gasteiger charge is -2.38. The maximum absolute atomic E-state index is 12.7. The summed E-state index contributed by atoms with van der Waals surface area (Å²) in [5.74, 6) is 2.99. The number of likely N-dealkylation sites (tertiary alicyclic amines) is 1. The zero-order valence-electron chi connectivity index (χ0n) is 11.5. The minimum Gasteiger partial charge on any atom is -0.338 e. The second kappa shape index (κ2) is 4.84. The van der Waals surface area contributed by atoms with Crippen molar-refractivity contribution in [1.29, 1.82) is 0 Å². The summed E-state index contributed by atoms with van der Waals surface area (Å²) in [5.41, 5.74) is 5.87. The Hall–Kier alpha value is -0.570. The number of hydrogen-bond acceptors (Lipinski definition) is 2. The molecule has 2 N–H and O–H groups in total. The number of hydrogen-bond donors (Lipinski definition) is 1. The van der Waals surface area contributed by atoms with Crippen LogP contribution >= 0.6 is 0 Å². The van der Waals surface area contributed by atoms with E-state index in [0.29, 0.717) is 24.4 Å². The van der Waals surface area contributed by atoms with Crippen molar-refractivity contribution in [2.75, 3.05) is 13.1 Å². The zero-order chi connectivity index (χ0) is 12.7. The third-order valence-corrected chi connectivity index (χ3v) is 5.47. The molecule has 1 aliphatic heterocycles. The van der Waals surface area contributed by atoms with Gasteiger partial charge in [0.05, 0.1) is 0 Å². The second-order valence-electron chi connectivity index (χ2n) is 6.69. The minimum absolute atomic E-state index is 0.309. The third-order valence-electron chi connectivity index (χ3n) is 5.47. The van der Waals surface area contributed by atoms with Gasteiger partial charge >= 0.3 is 0 Å². The van der Waals surface area contributed by atoms with Crippen molar-refractivity contribution in [2.24, 2.45) is 29.4 Å². The van der Waals surface area contributed by atoms with Gasteiger partial charge in [0.15, 0.2) is 0 Å². The maximum atomic E-state index is 12.7. The Morgan fingerprint density at radius 3 is 2.50 bits per heavy atom. The van der Waals surface area contributed by atoms with E-state index in [1.54, 1.807) is 0 Å². The molecular weight excluding hydrogens is 224 g/mol. The highest BCUT2D eigenvalue weighted by Gasteiger charge is 2.56. The Labute approximate surface area is 110 Å². The van der Waals surface area contributed by atoms with Gasteiger partial charge in [0.2, 0.25) is 5.91 Å². The molecule has 0 bridgehead atoms. The Morgan fingerprint density at radius 1 is 1.22 bits per heavy atom. The van der Waals surface area contributed by atoms with E-state index in [9.17, 15) is 4.79 Å². The topological polar surface area (TPSA) is 46.3 Å². The molecule has 3 rings (SSSR count). The Bertz CT molecular complexity index is 318. The molecule has 2 saturated carbocycles. The van der Waals surface area contributed by atoms with Crippen LogP contribution in [-0.2, 0) is 4.79 Å². The number of amides is 1. The van der Waals surface area contributed by atoms with E-state index < -0.39 is 0 Å². The van der Waals surface area contributed by atoms with E-state index >= 15 is 0 Å². The van der Waals surface area contributed by atoms with E-state index in [0.717, 1.165) is 37.1 Å². The molecule has 0 aromatic heterocycles. The fraction of sp³-hybridized carbons (Fsp3) is 0.933. The zero-order valence-corrected chi connectivity index (χ0v) is 11.5. The van der Waals surface area contributed by atoms with Gasteiger partial charge < -0.3 is 10.6 Å². The van der Waals surface area contributed by atoms with E-state index in [4.69, 9.17) is 5.73 Å². The number of carbonyl (C=O) groups is 1. The van der Waals surface area contributed by atoms with Crippen LogP contribution in [0.25, 0.3) is 0 Å². The van der Waals surface area contributed by atoms with Crippen LogP contribution in [0, 0.1) is 23.7 Å². The molecule has 0 spiro atoms. The van der Waals surface area contributed by atoms with Crippen LogP contribution in [0.15, 0.2) is 0 Å². The predicted octanol–water partition coefficient (Wildman–Crippen LogP) is 2.01. The van der Waals surface area contributed by atoms with Gasteiger partial charge in [-0.2, -0.15) is 0 Å². The molecule has 0 aromatic carbocycles. The normalized spacial score (nSPS) is 43.4. The maximum Gasteiger partial charge on any atom is 0.226 e. The van der Waals surface area contributed by atoms with Crippen LogP contribution in [-0.4, -0.2) is 29.9 Å². The number of nitrogens with two attached hydrogens (primary N) is 1.